The lowest BCUT2D eigenvalue weighted by atomic mass is 10.1. The molecule has 2 N–H and O–H groups in total. The fourth-order valence-corrected chi connectivity index (χ4v) is 3.10. The highest BCUT2D eigenvalue weighted by Gasteiger charge is 2.07. The summed E-state index contributed by atoms with van der Waals surface area (Å²) in [7, 11) is 0. The minimum atomic E-state index is -0.287. The van der Waals surface area contributed by atoms with Gasteiger partial charge in [-0.25, -0.2) is 0 Å². The topological polar surface area (TPSA) is 71.3 Å². The van der Waals surface area contributed by atoms with Crippen molar-refractivity contribution in [2.75, 3.05) is 18.8 Å². The van der Waals surface area contributed by atoms with Crippen LogP contribution in [0.1, 0.15) is 10.6 Å². The smallest absolute Gasteiger partial charge is 0.287 e. The van der Waals surface area contributed by atoms with Gasteiger partial charge in [0.15, 0.2) is 5.76 Å². The van der Waals surface area contributed by atoms with Crippen molar-refractivity contribution in [3.05, 3.63) is 66.6 Å². The Hall–Kier alpha value is -2.73. The van der Waals surface area contributed by atoms with Crippen molar-refractivity contribution in [3.63, 3.8) is 0 Å². The molecule has 5 nitrogen and oxygen atoms in total. The van der Waals surface area contributed by atoms with Crippen molar-refractivity contribution in [2.24, 2.45) is 0 Å². The van der Waals surface area contributed by atoms with Crippen molar-refractivity contribution in [1.29, 1.82) is 0 Å². The van der Waals surface area contributed by atoms with E-state index in [1.54, 1.807) is 12.1 Å². The first-order valence-electron chi connectivity index (χ1n) is 7.92. The molecule has 0 aliphatic heterocycles. The van der Waals surface area contributed by atoms with E-state index in [1.165, 1.54) is 23.4 Å². The van der Waals surface area contributed by atoms with Crippen molar-refractivity contribution >= 4 is 34.3 Å². The van der Waals surface area contributed by atoms with Crippen LogP contribution in [0.3, 0.4) is 0 Å². The second-order valence-corrected chi connectivity index (χ2v) is 6.43. The molecule has 25 heavy (non-hydrogen) atoms. The average molecular weight is 354 g/mol. The van der Waals surface area contributed by atoms with E-state index in [4.69, 9.17) is 4.42 Å². The Labute approximate surface area is 149 Å². The van der Waals surface area contributed by atoms with Gasteiger partial charge in [-0.05, 0) is 35.0 Å². The van der Waals surface area contributed by atoms with Gasteiger partial charge in [0, 0.05) is 18.0 Å². The third kappa shape index (κ3) is 4.87. The fourth-order valence-electron chi connectivity index (χ4n) is 2.33. The number of nitrogens with one attached hydrogen (secondary N) is 2. The van der Waals surface area contributed by atoms with E-state index < -0.39 is 0 Å². The van der Waals surface area contributed by atoms with Gasteiger partial charge in [0.1, 0.15) is 0 Å². The average Bonchev–Trinajstić information content (AvgIpc) is 3.18. The van der Waals surface area contributed by atoms with Gasteiger partial charge in [0.05, 0.1) is 12.0 Å². The zero-order chi connectivity index (χ0) is 17.5. The van der Waals surface area contributed by atoms with Gasteiger partial charge >= 0.3 is 0 Å². The maximum Gasteiger partial charge on any atom is 0.287 e. The first kappa shape index (κ1) is 17.1. The lowest BCUT2D eigenvalue weighted by molar-refractivity contribution is -0.118. The van der Waals surface area contributed by atoms with Crippen molar-refractivity contribution < 1.29 is 14.0 Å². The van der Waals surface area contributed by atoms with E-state index in [1.807, 2.05) is 18.2 Å². The van der Waals surface area contributed by atoms with Crippen LogP contribution in [-0.4, -0.2) is 30.7 Å². The van der Waals surface area contributed by atoms with Crippen LogP contribution in [0.5, 0.6) is 0 Å². The van der Waals surface area contributed by atoms with Crippen LogP contribution < -0.4 is 10.6 Å². The molecule has 0 spiro atoms. The second-order valence-electron chi connectivity index (χ2n) is 5.38. The predicted octanol–water partition coefficient (Wildman–Crippen LogP) is 3.07. The molecule has 2 amide bonds. The normalized spacial score (nSPS) is 10.6. The summed E-state index contributed by atoms with van der Waals surface area (Å²) in [6.07, 6.45) is 1.45. The van der Waals surface area contributed by atoms with Crippen molar-refractivity contribution in [3.8, 4) is 0 Å². The lowest BCUT2D eigenvalue weighted by Gasteiger charge is -2.07. The van der Waals surface area contributed by atoms with E-state index in [-0.39, 0.29) is 17.6 Å². The largest absolute Gasteiger partial charge is 0.459 e. The zero-order valence-electron chi connectivity index (χ0n) is 13.5. The number of hydrogen-bond acceptors (Lipinski definition) is 4. The highest BCUT2D eigenvalue weighted by molar-refractivity contribution is 8.00. The maximum absolute atomic E-state index is 11.9. The van der Waals surface area contributed by atoms with Gasteiger partial charge in [-0.1, -0.05) is 30.3 Å². The fraction of sp³-hybridized carbons (Fsp3) is 0.158. The van der Waals surface area contributed by atoms with Crippen molar-refractivity contribution in [1.82, 2.24) is 10.6 Å². The summed E-state index contributed by atoms with van der Waals surface area (Å²) < 4.78 is 4.99. The molecule has 128 valence electrons. The number of rotatable bonds is 7. The monoisotopic (exact) mass is 354 g/mol. The number of hydrogen-bond donors (Lipinski definition) is 2. The van der Waals surface area contributed by atoms with E-state index in [0.717, 1.165) is 10.3 Å². The van der Waals surface area contributed by atoms with Crippen LogP contribution >= 0.6 is 11.8 Å². The molecule has 0 fully saturated rings. The quantitative estimate of drug-likeness (QED) is 0.505. The highest BCUT2D eigenvalue weighted by atomic mass is 32.2. The van der Waals surface area contributed by atoms with Crippen molar-refractivity contribution in [2.45, 2.75) is 4.90 Å². The summed E-state index contributed by atoms with van der Waals surface area (Å²) in [6.45, 7) is 0.732. The molecular formula is C19H18N2O3S. The molecule has 0 bridgehead atoms. The van der Waals surface area contributed by atoms with Gasteiger partial charge in [0.25, 0.3) is 5.91 Å². The molecule has 0 saturated heterocycles. The Morgan fingerprint density at radius 3 is 2.52 bits per heavy atom. The van der Waals surface area contributed by atoms with Gasteiger partial charge in [0.2, 0.25) is 5.91 Å². The lowest BCUT2D eigenvalue weighted by Crippen LogP contribution is -2.35. The van der Waals surface area contributed by atoms with Crippen LogP contribution in [0.2, 0.25) is 0 Å². The zero-order valence-corrected chi connectivity index (χ0v) is 14.3. The Kier molecular flexibility index (Phi) is 5.74. The number of carbonyl (C=O) groups is 2. The first-order valence-corrected chi connectivity index (χ1v) is 8.91. The van der Waals surface area contributed by atoms with E-state index in [9.17, 15) is 9.59 Å². The third-order valence-electron chi connectivity index (χ3n) is 3.57. The number of furan rings is 1. The van der Waals surface area contributed by atoms with E-state index in [2.05, 4.69) is 34.9 Å². The summed E-state index contributed by atoms with van der Waals surface area (Å²) in [5.74, 6) is 0.248. The van der Waals surface area contributed by atoms with Crippen LogP contribution in [0.4, 0.5) is 0 Å². The molecule has 0 atom stereocenters. The Morgan fingerprint density at radius 2 is 1.72 bits per heavy atom. The highest BCUT2D eigenvalue weighted by Crippen LogP contribution is 2.23. The number of amides is 2. The number of benzene rings is 2. The Balaban J connectivity index is 1.38. The van der Waals surface area contributed by atoms with E-state index in [0.29, 0.717) is 18.8 Å². The number of thioether (sulfide) groups is 1. The SMILES string of the molecule is O=C(CSc1ccc2ccccc2c1)NCCNC(=O)c1ccco1. The third-order valence-corrected chi connectivity index (χ3v) is 4.56. The molecule has 0 unspecified atom stereocenters. The molecular weight excluding hydrogens is 336 g/mol. The summed E-state index contributed by atoms with van der Waals surface area (Å²) in [4.78, 5) is 24.6. The minimum absolute atomic E-state index is 0.0644. The molecule has 0 saturated carbocycles. The molecule has 6 heteroatoms. The van der Waals surface area contributed by atoms with Crippen LogP contribution in [0.15, 0.2) is 70.2 Å². The molecule has 1 heterocycles. The van der Waals surface area contributed by atoms with Crippen LogP contribution in [0.25, 0.3) is 10.8 Å². The molecule has 2 aromatic carbocycles. The number of carbonyl (C=O) groups excluding carboxylic acids is 2. The molecule has 3 aromatic rings. The summed E-state index contributed by atoms with van der Waals surface area (Å²) >= 11 is 1.49. The van der Waals surface area contributed by atoms with Gasteiger partial charge < -0.3 is 15.1 Å². The van der Waals surface area contributed by atoms with E-state index >= 15 is 0 Å². The second kappa shape index (κ2) is 8.39. The van der Waals surface area contributed by atoms with Gasteiger partial charge in [-0.2, -0.15) is 0 Å². The molecule has 1 aromatic heterocycles. The van der Waals surface area contributed by atoms with Gasteiger partial charge in [-0.15, -0.1) is 11.8 Å². The predicted molar refractivity (Wildman–Crippen MR) is 98.7 cm³/mol. The molecule has 0 aliphatic rings. The molecule has 0 radical (unpaired) electrons. The summed E-state index contributed by atoms with van der Waals surface area (Å²) in [6, 6.07) is 17.5. The van der Waals surface area contributed by atoms with Crippen LogP contribution in [-0.2, 0) is 4.79 Å². The Bertz CT molecular complexity index is 862. The molecule has 0 aliphatic carbocycles. The summed E-state index contributed by atoms with van der Waals surface area (Å²) in [5.41, 5.74) is 0. The first-order chi connectivity index (χ1) is 12.2. The maximum atomic E-state index is 11.9. The standard InChI is InChI=1S/C19H18N2O3S/c22-18(20-9-10-21-19(23)17-6-3-11-24-17)13-25-16-8-7-14-4-1-2-5-15(14)12-16/h1-8,11-12H,9-10,13H2,(H,20,22)(H,21,23). The van der Waals surface area contributed by atoms with Crippen LogP contribution in [0, 0.1) is 0 Å². The minimum Gasteiger partial charge on any atom is -0.459 e. The summed E-state index contributed by atoms with van der Waals surface area (Å²) in [5, 5.41) is 7.81. The number of fused-ring (bicyclic) bond motifs is 1. The Morgan fingerprint density at radius 1 is 0.920 bits per heavy atom. The van der Waals surface area contributed by atoms with Gasteiger partial charge in [-0.3, -0.25) is 9.59 Å². The molecule has 3 rings (SSSR count).